The summed E-state index contributed by atoms with van der Waals surface area (Å²) >= 11 is 0. The minimum Gasteiger partial charge on any atom is -0.454 e. The fraction of sp³-hybridized carbons (Fsp3) is 0.750. The molecule has 0 aromatic carbocycles. The molecule has 2 unspecified atom stereocenters. The summed E-state index contributed by atoms with van der Waals surface area (Å²) in [5, 5.41) is 0. The molecule has 0 radical (unpaired) electrons. The monoisotopic (exact) mass is 430 g/mol. The van der Waals surface area contributed by atoms with E-state index in [4.69, 9.17) is 13.6 Å². The predicted octanol–water partition coefficient (Wildman–Crippen LogP) is 3.93. The second-order valence-electron chi connectivity index (χ2n) is 7.38. The molecule has 0 aromatic heterocycles. The molecule has 0 rings (SSSR count). The zero-order valence-electron chi connectivity index (χ0n) is 16.8. The molecule has 27 heavy (non-hydrogen) atoms. The van der Waals surface area contributed by atoms with Crippen LogP contribution >= 0.6 is 0 Å². The Hall–Kier alpha value is -1.18. The van der Waals surface area contributed by atoms with Gasteiger partial charge >= 0.3 is 18.0 Å². The van der Waals surface area contributed by atoms with Crippen molar-refractivity contribution in [1.82, 2.24) is 0 Å². The van der Waals surface area contributed by atoms with Crippen molar-refractivity contribution in [1.29, 1.82) is 0 Å². The van der Waals surface area contributed by atoms with Gasteiger partial charge in [-0.25, -0.2) is 14.0 Å². The number of hydrogen-bond donors (Lipinski definition) is 0. The molecular weight excluding hydrogens is 401 g/mol. The zero-order chi connectivity index (χ0) is 21.5. The highest BCUT2D eigenvalue weighted by Gasteiger charge is 2.38. The Bertz CT molecular complexity index is 535. The molecule has 0 saturated carbocycles. The summed E-state index contributed by atoms with van der Waals surface area (Å²) in [7, 11) is -3.99. The lowest BCUT2D eigenvalue weighted by molar-refractivity contribution is -0.234. The van der Waals surface area contributed by atoms with Crippen molar-refractivity contribution in [2.75, 3.05) is 6.67 Å². The first kappa shape index (κ1) is 25.8. The van der Waals surface area contributed by atoms with E-state index in [1.807, 2.05) is 20.0 Å². The molecule has 0 bridgehead atoms. The first-order valence-electron chi connectivity index (χ1n) is 8.53. The number of ether oxygens (including phenoxy) is 3. The predicted molar refractivity (Wildman–Crippen MR) is 98.8 cm³/mol. The van der Waals surface area contributed by atoms with Gasteiger partial charge < -0.3 is 18.3 Å². The van der Waals surface area contributed by atoms with Crippen molar-refractivity contribution in [2.45, 2.75) is 71.1 Å². The first-order chi connectivity index (χ1) is 12.1. The molecule has 2 atom stereocenters. The summed E-state index contributed by atoms with van der Waals surface area (Å²) in [6, 6.07) is 0. The van der Waals surface area contributed by atoms with Crippen LogP contribution in [0, 0.1) is 0 Å². The van der Waals surface area contributed by atoms with Gasteiger partial charge in [0.05, 0.1) is 5.73 Å². The Morgan fingerprint density at radius 3 is 2.04 bits per heavy atom. The smallest absolute Gasteiger partial charge is 0.429 e. The molecule has 0 saturated heterocycles. The van der Waals surface area contributed by atoms with Crippen molar-refractivity contribution in [3.63, 3.8) is 0 Å². The van der Waals surface area contributed by atoms with Crippen LogP contribution in [0.1, 0.15) is 20.3 Å². The third-order valence-corrected chi connectivity index (χ3v) is 9.76. The van der Waals surface area contributed by atoms with Crippen LogP contribution in [-0.4, -0.2) is 53.4 Å². The van der Waals surface area contributed by atoms with Crippen LogP contribution in [0.15, 0.2) is 12.2 Å². The number of carbonyl (C=O) groups excluding carboxylic acids is 2. The topological polar surface area (TPSA) is 71.1 Å². The van der Waals surface area contributed by atoms with Gasteiger partial charge in [-0.2, -0.15) is 8.78 Å². The number of carbonyl (C=O) groups is 2. The van der Waals surface area contributed by atoms with E-state index in [1.165, 1.54) is 6.92 Å². The van der Waals surface area contributed by atoms with Gasteiger partial charge in [-0.3, -0.25) is 0 Å². The van der Waals surface area contributed by atoms with Gasteiger partial charge in [0.25, 0.3) is 0 Å². The van der Waals surface area contributed by atoms with E-state index >= 15 is 0 Å². The van der Waals surface area contributed by atoms with Crippen LogP contribution in [0.4, 0.5) is 13.2 Å². The molecule has 6 nitrogen and oxygen atoms in total. The molecule has 0 aromatic rings. The maximum Gasteiger partial charge on any atom is 0.429 e. The van der Waals surface area contributed by atoms with E-state index in [0.717, 1.165) is 0 Å². The van der Waals surface area contributed by atoms with Crippen LogP contribution in [-0.2, 0) is 27.9 Å². The van der Waals surface area contributed by atoms with Gasteiger partial charge in [0.15, 0.2) is 15.0 Å². The highest BCUT2D eigenvalue weighted by Crippen LogP contribution is 2.23. The van der Waals surface area contributed by atoms with Crippen molar-refractivity contribution in [3.05, 3.63) is 12.2 Å². The summed E-state index contributed by atoms with van der Waals surface area (Å²) in [5.41, 5.74) is -0.232. The third kappa shape index (κ3) is 11.3. The number of halogens is 3. The molecule has 0 N–H and O–H groups in total. The molecule has 11 heteroatoms. The van der Waals surface area contributed by atoms with Crippen LogP contribution in [0.25, 0.3) is 0 Å². The van der Waals surface area contributed by atoms with Crippen molar-refractivity contribution >= 4 is 28.6 Å². The van der Waals surface area contributed by atoms with E-state index in [-0.39, 0.29) is 5.73 Å². The molecule has 0 fully saturated rings. The van der Waals surface area contributed by atoms with Crippen LogP contribution in [0.3, 0.4) is 0 Å². The Labute approximate surface area is 160 Å². The molecule has 0 heterocycles. The number of rotatable bonds is 11. The Morgan fingerprint density at radius 1 is 1.07 bits per heavy atom. The summed E-state index contributed by atoms with van der Waals surface area (Å²) in [6.07, 6.45) is -3.47. The van der Waals surface area contributed by atoms with Gasteiger partial charge in [0, 0.05) is 12.2 Å². The van der Waals surface area contributed by atoms with Crippen LogP contribution in [0.5, 0.6) is 0 Å². The van der Waals surface area contributed by atoms with Crippen molar-refractivity contribution < 1.29 is 41.1 Å². The molecule has 0 aliphatic rings. The summed E-state index contributed by atoms with van der Waals surface area (Å²) < 4.78 is 57.6. The van der Waals surface area contributed by atoms with E-state index < -0.39 is 47.6 Å². The standard InChI is InChI=1S/C16H29F3O6Si2/c1-8-15(27(6,7)25-26(3,4)5)23-12(2)22-13(20)9-10-14(21)24-16(18,19)11-17/h9-10,12,15H,8,11H2,1-7H3/b10-9+. The van der Waals surface area contributed by atoms with Crippen molar-refractivity contribution in [3.8, 4) is 0 Å². The SMILES string of the molecule is CCC(OC(C)OC(=O)/C=C/C(=O)OC(F)(F)CF)[Si](C)(C)O[Si](C)(C)C. The molecular formula is C16H29F3O6Si2. The Kier molecular flexibility index (Phi) is 9.94. The lowest BCUT2D eigenvalue weighted by Crippen LogP contribution is -2.53. The molecule has 0 spiro atoms. The zero-order valence-corrected chi connectivity index (χ0v) is 18.8. The van der Waals surface area contributed by atoms with E-state index in [1.54, 1.807) is 0 Å². The van der Waals surface area contributed by atoms with Crippen LogP contribution in [0.2, 0.25) is 32.7 Å². The fourth-order valence-corrected chi connectivity index (χ4v) is 10.8. The maximum atomic E-state index is 12.6. The van der Waals surface area contributed by atoms with Gasteiger partial charge in [-0.05, 0) is 46.1 Å². The van der Waals surface area contributed by atoms with Crippen molar-refractivity contribution in [2.24, 2.45) is 0 Å². The molecule has 0 aliphatic heterocycles. The summed E-state index contributed by atoms with van der Waals surface area (Å²) in [5.74, 6) is -2.55. The van der Waals surface area contributed by atoms with E-state index in [0.29, 0.717) is 18.6 Å². The lowest BCUT2D eigenvalue weighted by Gasteiger charge is -2.38. The normalized spacial score (nSPS) is 15.5. The summed E-state index contributed by atoms with van der Waals surface area (Å²) in [6.45, 7) is 11.6. The first-order valence-corrected chi connectivity index (χ1v) is 14.9. The maximum absolute atomic E-state index is 12.6. The largest absolute Gasteiger partial charge is 0.454 e. The van der Waals surface area contributed by atoms with Gasteiger partial charge in [-0.15, -0.1) is 0 Å². The number of alkyl halides is 3. The Balaban J connectivity index is 4.70. The number of esters is 2. The highest BCUT2D eigenvalue weighted by molar-refractivity contribution is 6.84. The van der Waals surface area contributed by atoms with E-state index in [9.17, 15) is 22.8 Å². The average Bonchev–Trinajstić information content (AvgIpc) is 2.47. The quantitative estimate of drug-likeness (QED) is 0.214. The minimum atomic E-state index is -4.23. The van der Waals surface area contributed by atoms with Gasteiger partial charge in [0.2, 0.25) is 14.6 Å². The summed E-state index contributed by atoms with van der Waals surface area (Å²) in [4.78, 5) is 22.8. The molecule has 158 valence electrons. The molecule has 0 aliphatic carbocycles. The Morgan fingerprint density at radius 2 is 1.59 bits per heavy atom. The number of hydrogen-bond acceptors (Lipinski definition) is 6. The minimum absolute atomic E-state index is 0.232. The average molecular weight is 431 g/mol. The second-order valence-corrected chi connectivity index (χ2v) is 16.3. The molecule has 0 amide bonds. The lowest BCUT2D eigenvalue weighted by atomic mass is 10.5. The van der Waals surface area contributed by atoms with Gasteiger partial charge in [-0.1, -0.05) is 6.92 Å². The van der Waals surface area contributed by atoms with E-state index in [2.05, 4.69) is 24.4 Å². The second kappa shape index (κ2) is 10.4. The third-order valence-electron chi connectivity index (χ3n) is 3.11. The highest BCUT2D eigenvalue weighted by atomic mass is 28.4. The van der Waals surface area contributed by atoms with Gasteiger partial charge in [0.1, 0.15) is 0 Å². The fourth-order valence-electron chi connectivity index (χ4n) is 2.41. The van der Waals surface area contributed by atoms with Crippen LogP contribution < -0.4 is 0 Å².